The predicted molar refractivity (Wildman–Crippen MR) is 97.0 cm³/mol. The lowest BCUT2D eigenvalue weighted by Gasteiger charge is -2.07. The topological polar surface area (TPSA) is 46.2 Å². The lowest BCUT2D eigenvalue weighted by atomic mass is 10.2. The largest absolute Gasteiger partial charge is 0.240 e. The van der Waals surface area contributed by atoms with E-state index in [0.29, 0.717) is 11.4 Å². The van der Waals surface area contributed by atoms with E-state index in [1.807, 2.05) is 18.2 Å². The quantitative estimate of drug-likeness (QED) is 0.537. The number of sulfonamides is 1. The zero-order valence-electron chi connectivity index (χ0n) is 11.3. The molecule has 2 aromatic rings. The van der Waals surface area contributed by atoms with Gasteiger partial charge < -0.3 is 0 Å². The summed E-state index contributed by atoms with van der Waals surface area (Å²) in [5, 5.41) is 0. The molecule has 6 heteroatoms. The van der Waals surface area contributed by atoms with Crippen molar-refractivity contribution >= 4 is 44.4 Å². The molecule has 0 unspecified atom stereocenters. The molecule has 0 aromatic heterocycles. The van der Waals surface area contributed by atoms with Crippen LogP contribution in [0.1, 0.15) is 5.56 Å². The maximum Gasteiger partial charge on any atom is 0.240 e. The van der Waals surface area contributed by atoms with Gasteiger partial charge in [-0.1, -0.05) is 30.3 Å². The maximum absolute atomic E-state index is 12.1. The van der Waals surface area contributed by atoms with Gasteiger partial charge in [0.2, 0.25) is 10.0 Å². The molecule has 0 bridgehead atoms. The summed E-state index contributed by atoms with van der Waals surface area (Å²) in [6.07, 6.45) is 0. The summed E-state index contributed by atoms with van der Waals surface area (Å²) in [5.41, 5.74) is 1.25. The predicted octanol–water partition coefficient (Wildman–Crippen LogP) is 3.50. The van der Waals surface area contributed by atoms with E-state index < -0.39 is 10.0 Å². The molecule has 0 atom stereocenters. The number of nitrogens with one attached hydrogen (secondary N) is 1. The average molecular weight is 433 g/mol. The molecule has 0 aliphatic rings. The van der Waals surface area contributed by atoms with Crippen LogP contribution in [0.3, 0.4) is 0 Å². The van der Waals surface area contributed by atoms with Gasteiger partial charge >= 0.3 is 0 Å². The molecule has 0 saturated heterocycles. The maximum atomic E-state index is 12.1. The molecule has 0 radical (unpaired) electrons. The van der Waals surface area contributed by atoms with Crippen molar-refractivity contribution in [3.63, 3.8) is 0 Å². The normalized spacial score (nSPS) is 11.5. The third-order valence-corrected chi connectivity index (χ3v) is 6.00. The highest BCUT2D eigenvalue weighted by molar-refractivity contribution is 14.1. The first kappa shape index (κ1) is 16.8. The first-order valence-electron chi connectivity index (χ1n) is 6.45. The number of hydrogen-bond acceptors (Lipinski definition) is 3. The first-order valence-corrected chi connectivity index (χ1v) is 10.2. The molecule has 3 nitrogen and oxygen atoms in total. The number of halogens is 1. The number of rotatable bonds is 7. The fourth-order valence-corrected chi connectivity index (χ4v) is 4.05. The Morgan fingerprint density at radius 2 is 1.67 bits per heavy atom. The standard InChI is InChI=1S/C15H16INO2S2/c16-14-6-8-15(9-7-14)21(18,19)17-10-11-20-12-13-4-2-1-3-5-13/h1-9,17H,10-12H2. The molecule has 1 N–H and O–H groups in total. The zero-order valence-corrected chi connectivity index (χ0v) is 15.1. The highest BCUT2D eigenvalue weighted by atomic mass is 127. The highest BCUT2D eigenvalue weighted by Gasteiger charge is 2.12. The van der Waals surface area contributed by atoms with Gasteiger partial charge in [-0.25, -0.2) is 13.1 Å². The second kappa shape index (κ2) is 8.17. The van der Waals surface area contributed by atoms with Crippen molar-refractivity contribution in [3.05, 3.63) is 63.7 Å². The average Bonchev–Trinajstić information content (AvgIpc) is 2.48. The molecular weight excluding hydrogens is 417 g/mol. The van der Waals surface area contributed by atoms with E-state index in [9.17, 15) is 8.42 Å². The Bertz CT molecular complexity index is 658. The summed E-state index contributed by atoms with van der Waals surface area (Å²) >= 11 is 3.87. The Balaban J connectivity index is 1.76. The molecule has 0 spiro atoms. The minimum atomic E-state index is -3.39. The Morgan fingerprint density at radius 3 is 2.33 bits per heavy atom. The fourth-order valence-electron chi connectivity index (χ4n) is 1.71. The van der Waals surface area contributed by atoms with Gasteiger partial charge in [-0.15, -0.1) is 0 Å². The Hall–Kier alpha value is -0.570. The van der Waals surface area contributed by atoms with Crippen LogP contribution >= 0.6 is 34.4 Å². The molecule has 112 valence electrons. The van der Waals surface area contributed by atoms with Gasteiger partial charge in [0.1, 0.15) is 0 Å². The van der Waals surface area contributed by atoms with E-state index >= 15 is 0 Å². The SMILES string of the molecule is O=S(=O)(NCCSCc1ccccc1)c1ccc(I)cc1. The summed E-state index contributed by atoms with van der Waals surface area (Å²) in [6.45, 7) is 0.436. The van der Waals surface area contributed by atoms with E-state index in [2.05, 4.69) is 39.4 Å². The molecule has 21 heavy (non-hydrogen) atoms. The van der Waals surface area contributed by atoms with E-state index in [0.717, 1.165) is 15.1 Å². The van der Waals surface area contributed by atoms with Crippen molar-refractivity contribution in [3.8, 4) is 0 Å². The molecule has 0 aliphatic heterocycles. The minimum absolute atomic E-state index is 0.316. The molecule has 2 rings (SSSR count). The van der Waals surface area contributed by atoms with E-state index in [4.69, 9.17) is 0 Å². The molecular formula is C15H16INO2S2. The fraction of sp³-hybridized carbons (Fsp3) is 0.200. The molecule has 0 amide bonds. The molecule has 0 aliphatic carbocycles. The van der Waals surface area contributed by atoms with Crippen LogP contribution in [0.2, 0.25) is 0 Å². The van der Waals surface area contributed by atoms with Gasteiger partial charge in [-0.2, -0.15) is 11.8 Å². The molecule has 0 saturated carbocycles. The van der Waals surface area contributed by atoms with Gasteiger partial charge in [-0.3, -0.25) is 0 Å². The summed E-state index contributed by atoms with van der Waals surface area (Å²) in [5.74, 6) is 1.64. The van der Waals surface area contributed by atoms with E-state index in [1.165, 1.54) is 5.56 Å². The van der Waals surface area contributed by atoms with Gasteiger partial charge in [0.15, 0.2) is 0 Å². The van der Waals surface area contributed by atoms with E-state index in [1.54, 1.807) is 36.0 Å². The molecule has 0 fully saturated rings. The lowest BCUT2D eigenvalue weighted by molar-refractivity contribution is 0.584. The van der Waals surface area contributed by atoms with E-state index in [-0.39, 0.29) is 0 Å². The summed E-state index contributed by atoms with van der Waals surface area (Å²) < 4.78 is 27.8. The highest BCUT2D eigenvalue weighted by Crippen LogP contribution is 2.13. The number of hydrogen-bond donors (Lipinski definition) is 1. The number of benzene rings is 2. The van der Waals surface area contributed by atoms with Crippen LogP contribution in [0.5, 0.6) is 0 Å². The van der Waals surface area contributed by atoms with Crippen LogP contribution in [0, 0.1) is 3.57 Å². The van der Waals surface area contributed by atoms with Crippen LogP contribution < -0.4 is 4.72 Å². The van der Waals surface area contributed by atoms with Crippen LogP contribution in [0.4, 0.5) is 0 Å². The van der Waals surface area contributed by atoms with Gasteiger partial charge in [0.25, 0.3) is 0 Å². The van der Waals surface area contributed by atoms with Gasteiger partial charge in [-0.05, 0) is 52.4 Å². The van der Waals surface area contributed by atoms with Crippen molar-refractivity contribution in [1.82, 2.24) is 4.72 Å². The van der Waals surface area contributed by atoms with Crippen molar-refractivity contribution in [2.24, 2.45) is 0 Å². The second-order valence-corrected chi connectivity index (χ2v) is 8.51. The smallest absolute Gasteiger partial charge is 0.210 e. The Kier molecular flexibility index (Phi) is 6.53. The summed E-state index contributed by atoms with van der Waals surface area (Å²) in [4.78, 5) is 0.316. The number of thioether (sulfide) groups is 1. The lowest BCUT2D eigenvalue weighted by Crippen LogP contribution is -2.26. The van der Waals surface area contributed by atoms with Crippen LogP contribution in [0.15, 0.2) is 59.5 Å². The molecule has 0 heterocycles. The van der Waals surface area contributed by atoms with Crippen molar-refractivity contribution < 1.29 is 8.42 Å². The van der Waals surface area contributed by atoms with Crippen molar-refractivity contribution in [1.29, 1.82) is 0 Å². The second-order valence-electron chi connectivity index (χ2n) is 4.39. The van der Waals surface area contributed by atoms with Crippen LogP contribution in [0.25, 0.3) is 0 Å². The van der Waals surface area contributed by atoms with Gasteiger partial charge in [0.05, 0.1) is 4.90 Å². The molecule has 2 aromatic carbocycles. The van der Waals surface area contributed by atoms with Crippen molar-refractivity contribution in [2.75, 3.05) is 12.3 Å². The Labute approximate surface area is 143 Å². The first-order chi connectivity index (χ1) is 10.1. The summed E-state index contributed by atoms with van der Waals surface area (Å²) in [7, 11) is -3.39. The summed E-state index contributed by atoms with van der Waals surface area (Å²) in [6, 6.07) is 17.0. The minimum Gasteiger partial charge on any atom is -0.210 e. The van der Waals surface area contributed by atoms with Crippen LogP contribution in [-0.4, -0.2) is 20.7 Å². The van der Waals surface area contributed by atoms with Gasteiger partial charge in [0, 0.05) is 21.6 Å². The third kappa shape index (κ3) is 5.61. The Morgan fingerprint density at radius 1 is 1.00 bits per heavy atom. The zero-order chi connectivity index (χ0) is 15.1. The van der Waals surface area contributed by atoms with Crippen molar-refractivity contribution in [2.45, 2.75) is 10.6 Å². The van der Waals surface area contributed by atoms with Crippen LogP contribution in [-0.2, 0) is 15.8 Å². The monoisotopic (exact) mass is 433 g/mol. The third-order valence-electron chi connectivity index (χ3n) is 2.77.